The fourth-order valence-corrected chi connectivity index (χ4v) is 3.28. The van der Waals surface area contributed by atoms with Crippen LogP contribution in [0.15, 0.2) is 53.5 Å². The SMILES string of the molecule is CN=C(NCC(=O)N1CCCc2ccccc21)NCc1cccc(C)c1.I. The van der Waals surface area contributed by atoms with Crippen LogP contribution in [-0.2, 0) is 17.8 Å². The molecule has 0 saturated carbocycles. The van der Waals surface area contributed by atoms with Crippen molar-refractivity contribution < 1.29 is 4.79 Å². The van der Waals surface area contributed by atoms with E-state index in [-0.39, 0.29) is 36.4 Å². The summed E-state index contributed by atoms with van der Waals surface area (Å²) >= 11 is 0. The van der Waals surface area contributed by atoms with E-state index in [0.717, 1.165) is 25.1 Å². The summed E-state index contributed by atoms with van der Waals surface area (Å²) in [6, 6.07) is 16.5. The number of guanidine groups is 1. The summed E-state index contributed by atoms with van der Waals surface area (Å²) in [4.78, 5) is 18.8. The number of nitrogens with one attached hydrogen (secondary N) is 2. The van der Waals surface area contributed by atoms with Gasteiger partial charge in [-0.25, -0.2) is 0 Å². The first kappa shape index (κ1) is 21.2. The van der Waals surface area contributed by atoms with Crippen LogP contribution in [0.5, 0.6) is 0 Å². The normalized spacial score (nSPS) is 13.4. The minimum absolute atomic E-state index is 0. The van der Waals surface area contributed by atoms with E-state index in [9.17, 15) is 4.79 Å². The van der Waals surface area contributed by atoms with Gasteiger partial charge in [-0.2, -0.15) is 0 Å². The Kier molecular flexibility index (Phi) is 8.09. The molecule has 0 spiro atoms. The van der Waals surface area contributed by atoms with Crippen molar-refractivity contribution in [3.8, 4) is 0 Å². The van der Waals surface area contributed by atoms with E-state index in [2.05, 4.69) is 46.8 Å². The molecule has 2 aromatic carbocycles. The standard InChI is InChI=1S/C21H26N4O.HI/c1-16-7-5-8-17(13-16)14-23-21(22-2)24-15-20(26)25-12-6-10-18-9-3-4-11-19(18)25;/h3-5,7-9,11,13H,6,10,12,14-15H2,1-2H3,(H2,22,23,24);1H. The van der Waals surface area contributed by atoms with Gasteiger partial charge in [0.25, 0.3) is 0 Å². The van der Waals surface area contributed by atoms with Gasteiger partial charge in [-0.15, -0.1) is 24.0 Å². The molecule has 0 saturated heterocycles. The Bertz CT molecular complexity index is 806. The summed E-state index contributed by atoms with van der Waals surface area (Å²) in [7, 11) is 1.71. The molecule has 0 fully saturated rings. The van der Waals surface area contributed by atoms with Crippen molar-refractivity contribution in [2.24, 2.45) is 4.99 Å². The highest BCUT2D eigenvalue weighted by Crippen LogP contribution is 2.26. The van der Waals surface area contributed by atoms with Crippen molar-refractivity contribution in [2.75, 3.05) is 25.0 Å². The van der Waals surface area contributed by atoms with Gasteiger partial charge in [0.05, 0.1) is 6.54 Å². The van der Waals surface area contributed by atoms with Crippen LogP contribution in [0, 0.1) is 6.92 Å². The number of hydrogen-bond acceptors (Lipinski definition) is 2. The van der Waals surface area contributed by atoms with Crippen molar-refractivity contribution in [3.63, 3.8) is 0 Å². The van der Waals surface area contributed by atoms with Gasteiger partial charge in [0.2, 0.25) is 5.91 Å². The van der Waals surface area contributed by atoms with Crippen LogP contribution in [0.1, 0.15) is 23.1 Å². The van der Waals surface area contributed by atoms with E-state index in [1.54, 1.807) is 7.05 Å². The van der Waals surface area contributed by atoms with E-state index in [1.807, 2.05) is 29.2 Å². The summed E-state index contributed by atoms with van der Waals surface area (Å²) in [5, 5.41) is 6.39. The van der Waals surface area contributed by atoms with Crippen LogP contribution >= 0.6 is 24.0 Å². The quantitative estimate of drug-likeness (QED) is 0.403. The van der Waals surface area contributed by atoms with Crippen LogP contribution in [-0.4, -0.2) is 32.0 Å². The number of para-hydroxylation sites is 1. The number of aliphatic imine (C=N–C) groups is 1. The van der Waals surface area contributed by atoms with Crippen molar-refractivity contribution in [3.05, 3.63) is 65.2 Å². The first-order chi connectivity index (χ1) is 12.7. The topological polar surface area (TPSA) is 56.7 Å². The lowest BCUT2D eigenvalue weighted by Crippen LogP contribution is -2.45. The molecule has 0 bridgehead atoms. The fourth-order valence-electron chi connectivity index (χ4n) is 3.28. The minimum atomic E-state index is 0. The first-order valence-electron chi connectivity index (χ1n) is 9.05. The van der Waals surface area contributed by atoms with Gasteiger partial charge in [0, 0.05) is 25.8 Å². The van der Waals surface area contributed by atoms with Gasteiger partial charge in [-0.3, -0.25) is 9.79 Å². The molecule has 1 amide bonds. The van der Waals surface area contributed by atoms with Crippen LogP contribution in [0.4, 0.5) is 5.69 Å². The number of hydrogen-bond donors (Lipinski definition) is 2. The third-order valence-electron chi connectivity index (χ3n) is 4.58. The Morgan fingerprint density at radius 3 is 2.74 bits per heavy atom. The third kappa shape index (κ3) is 5.69. The highest BCUT2D eigenvalue weighted by Gasteiger charge is 2.21. The number of benzene rings is 2. The smallest absolute Gasteiger partial charge is 0.246 e. The molecule has 27 heavy (non-hydrogen) atoms. The highest BCUT2D eigenvalue weighted by molar-refractivity contribution is 14.0. The lowest BCUT2D eigenvalue weighted by molar-refractivity contribution is -0.117. The number of amides is 1. The molecule has 2 aromatic rings. The summed E-state index contributed by atoms with van der Waals surface area (Å²) in [6.45, 7) is 3.74. The van der Waals surface area contributed by atoms with E-state index >= 15 is 0 Å². The van der Waals surface area contributed by atoms with Gasteiger partial charge in [0.1, 0.15) is 0 Å². The highest BCUT2D eigenvalue weighted by atomic mass is 127. The molecule has 0 aromatic heterocycles. The molecular formula is C21H27IN4O. The van der Waals surface area contributed by atoms with Crippen LogP contribution < -0.4 is 15.5 Å². The van der Waals surface area contributed by atoms with Gasteiger partial charge in [-0.05, 0) is 37.0 Å². The monoisotopic (exact) mass is 478 g/mol. The lowest BCUT2D eigenvalue weighted by atomic mass is 10.0. The van der Waals surface area contributed by atoms with Gasteiger partial charge in [-0.1, -0.05) is 48.0 Å². The van der Waals surface area contributed by atoms with E-state index < -0.39 is 0 Å². The molecule has 144 valence electrons. The zero-order valence-corrected chi connectivity index (χ0v) is 18.2. The number of nitrogens with zero attached hydrogens (tertiary/aromatic N) is 2. The Hall–Kier alpha value is -2.09. The maximum absolute atomic E-state index is 12.7. The van der Waals surface area contributed by atoms with Gasteiger partial charge in [0.15, 0.2) is 5.96 Å². The summed E-state index contributed by atoms with van der Waals surface area (Å²) in [5.41, 5.74) is 4.69. The Labute approximate surface area is 178 Å². The Morgan fingerprint density at radius 2 is 1.96 bits per heavy atom. The zero-order valence-electron chi connectivity index (χ0n) is 15.9. The second-order valence-electron chi connectivity index (χ2n) is 6.55. The molecule has 0 unspecified atom stereocenters. The van der Waals surface area contributed by atoms with Crippen LogP contribution in [0.25, 0.3) is 0 Å². The van der Waals surface area contributed by atoms with Crippen molar-refractivity contribution in [2.45, 2.75) is 26.3 Å². The molecule has 3 rings (SSSR count). The second kappa shape index (κ2) is 10.3. The van der Waals surface area contributed by atoms with Crippen molar-refractivity contribution in [1.29, 1.82) is 0 Å². The molecule has 5 nitrogen and oxygen atoms in total. The summed E-state index contributed by atoms with van der Waals surface area (Å²) in [5.74, 6) is 0.695. The maximum Gasteiger partial charge on any atom is 0.246 e. The van der Waals surface area contributed by atoms with Crippen LogP contribution in [0.3, 0.4) is 0 Å². The molecule has 0 radical (unpaired) electrons. The summed E-state index contributed by atoms with van der Waals surface area (Å²) < 4.78 is 0. The number of aryl methyl sites for hydroxylation is 2. The summed E-state index contributed by atoms with van der Waals surface area (Å²) in [6.07, 6.45) is 2.04. The molecule has 0 aliphatic carbocycles. The number of halogens is 1. The predicted molar refractivity (Wildman–Crippen MR) is 122 cm³/mol. The predicted octanol–water partition coefficient (Wildman–Crippen LogP) is 3.26. The molecule has 1 heterocycles. The van der Waals surface area contributed by atoms with Crippen molar-refractivity contribution in [1.82, 2.24) is 10.6 Å². The Balaban J connectivity index is 0.00000261. The number of fused-ring (bicyclic) bond motifs is 1. The number of carbonyl (C=O) groups is 1. The molecule has 2 N–H and O–H groups in total. The minimum Gasteiger partial charge on any atom is -0.352 e. The third-order valence-corrected chi connectivity index (χ3v) is 4.58. The molecule has 6 heteroatoms. The first-order valence-corrected chi connectivity index (χ1v) is 9.05. The zero-order chi connectivity index (χ0) is 18.4. The second-order valence-corrected chi connectivity index (χ2v) is 6.55. The number of anilines is 1. The molecule has 0 atom stereocenters. The van der Waals surface area contributed by atoms with E-state index in [0.29, 0.717) is 12.5 Å². The Morgan fingerprint density at radius 1 is 1.15 bits per heavy atom. The van der Waals surface area contributed by atoms with E-state index in [4.69, 9.17) is 0 Å². The van der Waals surface area contributed by atoms with Crippen molar-refractivity contribution >= 4 is 41.5 Å². The van der Waals surface area contributed by atoms with E-state index in [1.165, 1.54) is 16.7 Å². The maximum atomic E-state index is 12.7. The average molecular weight is 478 g/mol. The molecular weight excluding hydrogens is 451 g/mol. The number of carbonyl (C=O) groups excluding carboxylic acids is 1. The fraction of sp³-hybridized carbons (Fsp3) is 0.333. The van der Waals surface area contributed by atoms with Gasteiger partial charge < -0.3 is 15.5 Å². The largest absolute Gasteiger partial charge is 0.352 e. The van der Waals surface area contributed by atoms with Crippen LogP contribution in [0.2, 0.25) is 0 Å². The average Bonchev–Trinajstić information content (AvgIpc) is 2.67. The molecule has 1 aliphatic rings. The lowest BCUT2D eigenvalue weighted by Gasteiger charge is -2.29. The van der Waals surface area contributed by atoms with Gasteiger partial charge >= 0.3 is 0 Å². The number of rotatable bonds is 4. The molecule has 1 aliphatic heterocycles.